The summed E-state index contributed by atoms with van der Waals surface area (Å²) < 4.78 is 22.9. The van der Waals surface area contributed by atoms with Crippen LogP contribution in [0.1, 0.15) is 12.8 Å². The van der Waals surface area contributed by atoms with Crippen LogP contribution in [0.25, 0.3) is 0 Å². The minimum absolute atomic E-state index is 0.218. The average molecular weight is 282 g/mol. The van der Waals surface area contributed by atoms with Gasteiger partial charge in [0.25, 0.3) is 0 Å². The molecule has 0 saturated carbocycles. The van der Waals surface area contributed by atoms with Gasteiger partial charge in [-0.05, 0) is 12.8 Å². The molecule has 2 saturated heterocycles. The van der Waals surface area contributed by atoms with Gasteiger partial charge in [0.05, 0.1) is 11.5 Å². The molecule has 2 aliphatic rings. The van der Waals surface area contributed by atoms with Gasteiger partial charge < -0.3 is 9.80 Å². The van der Waals surface area contributed by atoms with E-state index in [-0.39, 0.29) is 11.5 Å². The van der Waals surface area contributed by atoms with Gasteiger partial charge in [-0.1, -0.05) is 0 Å². The molecule has 0 aliphatic carbocycles. The van der Waals surface area contributed by atoms with E-state index in [0.717, 1.165) is 24.7 Å². The Morgan fingerprint density at radius 2 is 1.42 bits per heavy atom. The van der Waals surface area contributed by atoms with Gasteiger partial charge in [-0.2, -0.15) is 0 Å². The summed E-state index contributed by atoms with van der Waals surface area (Å²) in [6.45, 7) is 3.15. The maximum Gasteiger partial charge on any atom is 0.153 e. The highest BCUT2D eigenvalue weighted by atomic mass is 32.2. The van der Waals surface area contributed by atoms with Crippen molar-refractivity contribution in [2.24, 2.45) is 0 Å². The summed E-state index contributed by atoms with van der Waals surface area (Å²) in [5.74, 6) is 2.23. The quantitative estimate of drug-likeness (QED) is 0.778. The smallest absolute Gasteiger partial charge is 0.153 e. The van der Waals surface area contributed by atoms with Gasteiger partial charge in [-0.15, -0.1) is 0 Å². The molecule has 2 aliphatic heterocycles. The molecule has 3 heterocycles. The van der Waals surface area contributed by atoms with Gasteiger partial charge in [-0.25, -0.2) is 18.4 Å². The van der Waals surface area contributed by atoms with Crippen molar-refractivity contribution in [3.8, 4) is 0 Å². The highest BCUT2D eigenvalue weighted by Gasteiger charge is 2.23. The zero-order chi connectivity index (χ0) is 13.3. The Bertz CT molecular complexity index is 541. The molecule has 0 unspecified atom stereocenters. The zero-order valence-corrected chi connectivity index (χ0v) is 11.6. The molecule has 6 nitrogen and oxygen atoms in total. The lowest BCUT2D eigenvalue weighted by Crippen LogP contribution is -2.40. The minimum Gasteiger partial charge on any atom is -0.356 e. The third-order valence-electron chi connectivity index (χ3n) is 3.74. The molecule has 0 aromatic carbocycles. The molecule has 0 spiro atoms. The van der Waals surface area contributed by atoms with E-state index in [1.165, 1.54) is 12.8 Å². The van der Waals surface area contributed by atoms with Gasteiger partial charge in [-0.3, -0.25) is 0 Å². The highest BCUT2D eigenvalue weighted by molar-refractivity contribution is 7.91. The Labute approximate surface area is 113 Å². The zero-order valence-electron chi connectivity index (χ0n) is 10.8. The van der Waals surface area contributed by atoms with E-state index in [1.54, 1.807) is 6.33 Å². The Hall–Kier alpha value is -1.37. The molecule has 1 aromatic heterocycles. The Morgan fingerprint density at radius 3 is 2.00 bits per heavy atom. The van der Waals surface area contributed by atoms with E-state index in [2.05, 4.69) is 14.9 Å². The van der Waals surface area contributed by atoms with Crippen LogP contribution in [0.4, 0.5) is 11.6 Å². The summed E-state index contributed by atoms with van der Waals surface area (Å²) in [4.78, 5) is 12.9. The molecule has 0 amide bonds. The maximum atomic E-state index is 11.4. The molecular weight excluding hydrogens is 264 g/mol. The molecule has 1 aromatic rings. The lowest BCUT2D eigenvalue weighted by molar-refractivity contribution is 0.586. The second kappa shape index (κ2) is 4.96. The molecule has 0 N–H and O–H groups in total. The molecule has 0 bridgehead atoms. The molecule has 3 rings (SSSR count). The van der Waals surface area contributed by atoms with Crippen molar-refractivity contribution >= 4 is 21.5 Å². The first-order valence-electron chi connectivity index (χ1n) is 6.66. The van der Waals surface area contributed by atoms with E-state index < -0.39 is 9.84 Å². The molecule has 0 radical (unpaired) electrons. The number of nitrogens with zero attached hydrogens (tertiary/aromatic N) is 4. The van der Waals surface area contributed by atoms with Crippen LogP contribution >= 0.6 is 0 Å². The fraction of sp³-hybridized carbons (Fsp3) is 0.667. The topological polar surface area (TPSA) is 66.4 Å². The van der Waals surface area contributed by atoms with Gasteiger partial charge in [0.1, 0.15) is 18.0 Å². The van der Waals surface area contributed by atoms with E-state index in [1.807, 2.05) is 11.0 Å². The van der Waals surface area contributed by atoms with Crippen LogP contribution in [0.15, 0.2) is 12.4 Å². The van der Waals surface area contributed by atoms with Gasteiger partial charge in [0, 0.05) is 32.2 Å². The standard InChI is InChI=1S/C12H18N4O2S/c17-19(18)7-5-16(6-8-19)12-9-11(13-10-14-12)15-3-1-2-4-15/h9-10H,1-8H2. The lowest BCUT2D eigenvalue weighted by atomic mass is 10.4. The summed E-state index contributed by atoms with van der Waals surface area (Å²) in [5.41, 5.74) is 0. The molecule has 19 heavy (non-hydrogen) atoms. The van der Waals surface area contributed by atoms with Crippen LogP contribution in [-0.2, 0) is 9.84 Å². The Kier molecular flexibility index (Phi) is 3.30. The van der Waals surface area contributed by atoms with Crippen LogP contribution in [-0.4, -0.2) is 56.1 Å². The SMILES string of the molecule is O=S1(=O)CCN(c2cc(N3CCCC3)ncn2)CC1. The minimum atomic E-state index is -2.84. The molecule has 104 valence electrons. The monoisotopic (exact) mass is 282 g/mol. The number of hydrogen-bond donors (Lipinski definition) is 0. The van der Waals surface area contributed by atoms with Crippen molar-refractivity contribution in [3.63, 3.8) is 0 Å². The van der Waals surface area contributed by atoms with Gasteiger partial charge >= 0.3 is 0 Å². The first-order valence-corrected chi connectivity index (χ1v) is 8.49. The number of anilines is 2. The van der Waals surface area contributed by atoms with Crippen LogP contribution < -0.4 is 9.80 Å². The largest absolute Gasteiger partial charge is 0.356 e. The lowest BCUT2D eigenvalue weighted by Gasteiger charge is -2.28. The maximum absolute atomic E-state index is 11.4. The first kappa shape index (κ1) is 12.7. The van der Waals surface area contributed by atoms with Crippen LogP contribution in [0.5, 0.6) is 0 Å². The second-order valence-corrected chi connectivity index (χ2v) is 7.37. The van der Waals surface area contributed by atoms with Crippen molar-refractivity contribution in [2.75, 3.05) is 47.5 Å². The van der Waals surface area contributed by atoms with Crippen molar-refractivity contribution in [2.45, 2.75) is 12.8 Å². The molecule has 2 fully saturated rings. The Balaban J connectivity index is 1.76. The first-order chi connectivity index (χ1) is 9.14. The van der Waals surface area contributed by atoms with Crippen LogP contribution in [0.3, 0.4) is 0 Å². The van der Waals surface area contributed by atoms with Crippen molar-refractivity contribution in [3.05, 3.63) is 12.4 Å². The third-order valence-corrected chi connectivity index (χ3v) is 5.35. The Morgan fingerprint density at radius 1 is 0.895 bits per heavy atom. The average Bonchev–Trinajstić information content (AvgIpc) is 2.93. The predicted octanol–water partition coefficient (Wildman–Crippen LogP) is 0.312. The number of rotatable bonds is 2. The third kappa shape index (κ3) is 2.80. The summed E-state index contributed by atoms with van der Waals surface area (Å²) in [5, 5.41) is 0. The van der Waals surface area contributed by atoms with E-state index in [4.69, 9.17) is 0 Å². The van der Waals surface area contributed by atoms with E-state index >= 15 is 0 Å². The van der Waals surface area contributed by atoms with Crippen LogP contribution in [0, 0.1) is 0 Å². The summed E-state index contributed by atoms with van der Waals surface area (Å²) in [6.07, 6.45) is 3.99. The normalized spacial score (nSPS) is 22.7. The van der Waals surface area contributed by atoms with Crippen LogP contribution in [0.2, 0.25) is 0 Å². The van der Waals surface area contributed by atoms with E-state index in [9.17, 15) is 8.42 Å². The summed E-state index contributed by atoms with van der Waals surface area (Å²) >= 11 is 0. The summed E-state index contributed by atoms with van der Waals surface area (Å²) in [7, 11) is -2.84. The molecule has 7 heteroatoms. The molecule has 0 atom stereocenters. The van der Waals surface area contributed by atoms with Gasteiger partial charge in [0.2, 0.25) is 0 Å². The fourth-order valence-corrected chi connectivity index (χ4v) is 3.77. The van der Waals surface area contributed by atoms with Crippen molar-refractivity contribution < 1.29 is 8.42 Å². The second-order valence-electron chi connectivity index (χ2n) is 5.07. The number of hydrogen-bond acceptors (Lipinski definition) is 6. The number of aromatic nitrogens is 2. The van der Waals surface area contributed by atoms with E-state index in [0.29, 0.717) is 13.1 Å². The van der Waals surface area contributed by atoms with Crippen molar-refractivity contribution in [1.29, 1.82) is 0 Å². The fourth-order valence-electron chi connectivity index (χ4n) is 2.57. The number of sulfone groups is 1. The summed E-state index contributed by atoms with van der Waals surface area (Å²) in [6, 6.07) is 1.98. The highest BCUT2D eigenvalue weighted by Crippen LogP contribution is 2.22. The molecular formula is C12H18N4O2S. The van der Waals surface area contributed by atoms with Crippen molar-refractivity contribution in [1.82, 2.24) is 9.97 Å². The predicted molar refractivity (Wildman–Crippen MR) is 74.3 cm³/mol. The van der Waals surface area contributed by atoms with Gasteiger partial charge in [0.15, 0.2) is 9.84 Å².